The molecule has 2 rings (SSSR count). The van der Waals surface area contributed by atoms with E-state index in [2.05, 4.69) is 11.4 Å². The van der Waals surface area contributed by atoms with Gasteiger partial charge in [0.05, 0.1) is 11.2 Å². The van der Waals surface area contributed by atoms with Crippen LogP contribution in [0.3, 0.4) is 0 Å². The molecular formula is C17H26BNO3. The van der Waals surface area contributed by atoms with Gasteiger partial charge in [-0.05, 0) is 52.1 Å². The van der Waals surface area contributed by atoms with Crippen molar-refractivity contribution >= 4 is 18.5 Å². The summed E-state index contributed by atoms with van der Waals surface area (Å²) in [7, 11) is -0.352. The number of hydrogen-bond donors (Lipinski definition) is 1. The molecule has 1 aliphatic rings. The maximum absolute atomic E-state index is 11.6. The van der Waals surface area contributed by atoms with Crippen molar-refractivity contribution in [2.45, 2.75) is 58.7 Å². The molecule has 1 saturated heterocycles. The fraction of sp³-hybridized carbons (Fsp3) is 0.588. The summed E-state index contributed by atoms with van der Waals surface area (Å²) >= 11 is 0. The lowest BCUT2D eigenvalue weighted by atomic mass is 9.78. The predicted octanol–water partition coefficient (Wildman–Crippen LogP) is 2.05. The molecule has 1 aromatic carbocycles. The van der Waals surface area contributed by atoms with E-state index >= 15 is 0 Å². The molecular weight excluding hydrogens is 277 g/mol. The van der Waals surface area contributed by atoms with Crippen LogP contribution in [0.4, 0.5) is 0 Å². The van der Waals surface area contributed by atoms with Gasteiger partial charge in [-0.25, -0.2) is 0 Å². The molecule has 0 unspecified atom stereocenters. The van der Waals surface area contributed by atoms with E-state index in [4.69, 9.17) is 9.31 Å². The van der Waals surface area contributed by atoms with Crippen LogP contribution in [0, 0.1) is 0 Å². The van der Waals surface area contributed by atoms with Gasteiger partial charge in [-0.1, -0.05) is 24.3 Å². The smallest absolute Gasteiger partial charge is 0.399 e. The van der Waals surface area contributed by atoms with Crippen LogP contribution in [0.15, 0.2) is 24.3 Å². The average molecular weight is 303 g/mol. The van der Waals surface area contributed by atoms with Crippen LogP contribution in [0.2, 0.25) is 0 Å². The Labute approximate surface area is 133 Å². The summed E-state index contributed by atoms with van der Waals surface area (Å²) in [6, 6.07) is 8.11. The standard InChI is InChI=1S/C17H26BNO3/c1-6-19-15(20)11-10-13-8-7-9-14(12-13)18-21-16(2,3)17(4,5)22-18/h7-9,12H,6,10-11H2,1-5H3,(H,19,20). The Hall–Kier alpha value is -1.33. The van der Waals surface area contributed by atoms with Gasteiger partial charge in [0.2, 0.25) is 5.91 Å². The number of nitrogens with one attached hydrogen (secondary N) is 1. The highest BCUT2D eigenvalue weighted by Gasteiger charge is 2.51. The zero-order valence-electron chi connectivity index (χ0n) is 14.2. The Bertz CT molecular complexity index is 526. The average Bonchev–Trinajstić information content (AvgIpc) is 2.66. The molecule has 120 valence electrons. The van der Waals surface area contributed by atoms with Gasteiger partial charge in [-0.15, -0.1) is 0 Å². The second kappa shape index (κ2) is 6.43. The molecule has 1 fully saturated rings. The van der Waals surface area contributed by atoms with Crippen molar-refractivity contribution in [2.75, 3.05) is 6.54 Å². The minimum absolute atomic E-state index is 0.0866. The third-order valence-corrected chi connectivity index (χ3v) is 4.49. The first-order chi connectivity index (χ1) is 10.2. The van der Waals surface area contributed by atoms with Crippen LogP contribution in [-0.4, -0.2) is 30.8 Å². The van der Waals surface area contributed by atoms with Crippen LogP contribution >= 0.6 is 0 Å². The first-order valence-corrected chi connectivity index (χ1v) is 7.96. The molecule has 0 bridgehead atoms. The predicted molar refractivity (Wildman–Crippen MR) is 89.2 cm³/mol. The van der Waals surface area contributed by atoms with Crippen molar-refractivity contribution in [3.8, 4) is 0 Å². The fourth-order valence-corrected chi connectivity index (χ4v) is 2.42. The van der Waals surface area contributed by atoms with Gasteiger partial charge >= 0.3 is 7.12 Å². The van der Waals surface area contributed by atoms with Gasteiger partial charge in [0.15, 0.2) is 0 Å². The second-order valence-electron chi connectivity index (χ2n) is 6.79. The zero-order chi connectivity index (χ0) is 16.4. The highest BCUT2D eigenvalue weighted by molar-refractivity contribution is 6.62. The molecule has 1 N–H and O–H groups in total. The number of benzene rings is 1. The largest absolute Gasteiger partial charge is 0.494 e. The lowest BCUT2D eigenvalue weighted by molar-refractivity contribution is -0.120. The van der Waals surface area contributed by atoms with E-state index < -0.39 is 0 Å². The summed E-state index contributed by atoms with van der Waals surface area (Å²) < 4.78 is 12.1. The molecule has 5 heteroatoms. The van der Waals surface area contributed by atoms with Gasteiger partial charge in [0.25, 0.3) is 0 Å². The van der Waals surface area contributed by atoms with E-state index in [9.17, 15) is 4.79 Å². The molecule has 1 heterocycles. The van der Waals surface area contributed by atoms with Crippen LogP contribution in [0.25, 0.3) is 0 Å². The molecule has 1 aliphatic heterocycles. The first-order valence-electron chi connectivity index (χ1n) is 7.96. The maximum Gasteiger partial charge on any atom is 0.494 e. The maximum atomic E-state index is 11.6. The second-order valence-corrected chi connectivity index (χ2v) is 6.79. The fourth-order valence-electron chi connectivity index (χ4n) is 2.42. The quantitative estimate of drug-likeness (QED) is 0.847. The minimum atomic E-state index is -0.352. The topological polar surface area (TPSA) is 47.6 Å². The third kappa shape index (κ3) is 3.71. The zero-order valence-corrected chi connectivity index (χ0v) is 14.2. The van der Waals surface area contributed by atoms with Crippen molar-refractivity contribution in [3.05, 3.63) is 29.8 Å². The SMILES string of the molecule is CCNC(=O)CCc1cccc(B2OC(C)(C)C(C)(C)O2)c1. The molecule has 0 spiro atoms. The van der Waals surface area contributed by atoms with Crippen LogP contribution in [0.5, 0.6) is 0 Å². The summed E-state index contributed by atoms with van der Waals surface area (Å²) in [6.45, 7) is 10.8. The minimum Gasteiger partial charge on any atom is -0.399 e. The van der Waals surface area contributed by atoms with E-state index in [0.717, 1.165) is 17.4 Å². The van der Waals surface area contributed by atoms with Crippen molar-refractivity contribution in [3.63, 3.8) is 0 Å². The monoisotopic (exact) mass is 303 g/mol. The van der Waals surface area contributed by atoms with E-state index in [-0.39, 0.29) is 24.2 Å². The highest BCUT2D eigenvalue weighted by atomic mass is 16.7. The van der Waals surface area contributed by atoms with Crippen LogP contribution in [-0.2, 0) is 20.5 Å². The number of carbonyl (C=O) groups excluding carboxylic acids is 1. The van der Waals surface area contributed by atoms with Crippen molar-refractivity contribution < 1.29 is 14.1 Å². The third-order valence-electron chi connectivity index (χ3n) is 4.49. The molecule has 0 aliphatic carbocycles. The van der Waals surface area contributed by atoms with Gasteiger partial charge in [0.1, 0.15) is 0 Å². The molecule has 0 saturated carbocycles. The normalized spacial score (nSPS) is 19.2. The Morgan fingerprint density at radius 3 is 2.41 bits per heavy atom. The number of rotatable bonds is 5. The number of amides is 1. The van der Waals surface area contributed by atoms with Crippen LogP contribution in [0.1, 0.15) is 46.6 Å². The summed E-state index contributed by atoms with van der Waals surface area (Å²) in [5, 5.41) is 2.82. The lowest BCUT2D eigenvalue weighted by Gasteiger charge is -2.32. The van der Waals surface area contributed by atoms with E-state index in [1.54, 1.807) is 0 Å². The Morgan fingerprint density at radius 2 is 1.82 bits per heavy atom. The summed E-state index contributed by atoms with van der Waals surface area (Å²) in [5.41, 5.74) is 1.45. The molecule has 0 radical (unpaired) electrons. The van der Waals surface area contributed by atoms with E-state index in [0.29, 0.717) is 13.0 Å². The number of hydrogen-bond acceptors (Lipinski definition) is 3. The van der Waals surface area contributed by atoms with Crippen molar-refractivity contribution in [1.82, 2.24) is 5.32 Å². The molecule has 0 atom stereocenters. The van der Waals surface area contributed by atoms with E-state index in [1.807, 2.05) is 52.8 Å². The summed E-state index contributed by atoms with van der Waals surface area (Å²) in [5.74, 6) is 0.0866. The van der Waals surface area contributed by atoms with E-state index in [1.165, 1.54) is 0 Å². The first kappa shape index (κ1) is 17.0. The Morgan fingerprint density at radius 1 is 1.18 bits per heavy atom. The molecule has 4 nitrogen and oxygen atoms in total. The van der Waals surface area contributed by atoms with Crippen molar-refractivity contribution in [2.24, 2.45) is 0 Å². The van der Waals surface area contributed by atoms with Gasteiger partial charge in [-0.3, -0.25) is 4.79 Å². The van der Waals surface area contributed by atoms with Crippen LogP contribution < -0.4 is 10.8 Å². The van der Waals surface area contributed by atoms with Gasteiger partial charge in [-0.2, -0.15) is 0 Å². The number of carbonyl (C=O) groups is 1. The highest BCUT2D eigenvalue weighted by Crippen LogP contribution is 2.36. The summed E-state index contributed by atoms with van der Waals surface area (Å²) in [6.07, 6.45) is 1.22. The lowest BCUT2D eigenvalue weighted by Crippen LogP contribution is -2.41. The molecule has 22 heavy (non-hydrogen) atoms. The molecule has 1 amide bonds. The Kier molecular flexibility index (Phi) is 4.98. The van der Waals surface area contributed by atoms with Gasteiger partial charge < -0.3 is 14.6 Å². The summed E-state index contributed by atoms with van der Waals surface area (Å²) in [4.78, 5) is 11.6. The Balaban J connectivity index is 2.05. The van der Waals surface area contributed by atoms with Crippen molar-refractivity contribution in [1.29, 1.82) is 0 Å². The molecule has 1 aromatic rings. The number of aryl methyl sites for hydroxylation is 1. The van der Waals surface area contributed by atoms with Gasteiger partial charge in [0, 0.05) is 13.0 Å². The molecule has 0 aromatic heterocycles.